The van der Waals surface area contributed by atoms with Gasteiger partial charge in [-0.25, -0.2) is 0 Å². The highest BCUT2D eigenvalue weighted by atomic mass is 16.5. The molecule has 3 nitrogen and oxygen atoms in total. The summed E-state index contributed by atoms with van der Waals surface area (Å²) in [6.07, 6.45) is 4.48. The lowest BCUT2D eigenvalue weighted by Crippen LogP contribution is -1.99. The standard InChI is InChI=1S/C13H16O3/c1-3-4-5-8-16-12-7-6-11(10-14)9-13(12)15-2/h3,6-7,9-10H,1,4-5,8H2,2H3. The maximum absolute atomic E-state index is 10.6. The van der Waals surface area contributed by atoms with Gasteiger partial charge in [0.1, 0.15) is 6.29 Å². The second-order valence-electron chi connectivity index (χ2n) is 3.31. The van der Waals surface area contributed by atoms with Crippen LogP contribution in [-0.4, -0.2) is 20.0 Å². The predicted octanol–water partition coefficient (Wildman–Crippen LogP) is 2.85. The Bertz CT molecular complexity index is 358. The fraction of sp³-hybridized carbons (Fsp3) is 0.308. The SMILES string of the molecule is C=CCCCOc1ccc(C=O)cc1OC. The number of hydrogen-bond donors (Lipinski definition) is 0. The number of aldehydes is 1. The van der Waals surface area contributed by atoms with Crippen LogP contribution in [0.2, 0.25) is 0 Å². The van der Waals surface area contributed by atoms with Crippen molar-refractivity contribution in [2.45, 2.75) is 12.8 Å². The molecule has 0 N–H and O–H groups in total. The summed E-state index contributed by atoms with van der Waals surface area (Å²) in [5.41, 5.74) is 0.579. The van der Waals surface area contributed by atoms with Crippen LogP contribution in [0.4, 0.5) is 0 Å². The van der Waals surface area contributed by atoms with Crippen LogP contribution in [0.3, 0.4) is 0 Å². The fourth-order valence-electron chi connectivity index (χ4n) is 1.29. The van der Waals surface area contributed by atoms with Gasteiger partial charge in [0, 0.05) is 5.56 Å². The number of carbonyl (C=O) groups is 1. The third kappa shape index (κ3) is 3.42. The molecular formula is C13H16O3. The third-order valence-electron chi connectivity index (χ3n) is 2.13. The summed E-state index contributed by atoms with van der Waals surface area (Å²) in [5.74, 6) is 1.25. The molecule has 1 rings (SSSR count). The second-order valence-corrected chi connectivity index (χ2v) is 3.31. The van der Waals surface area contributed by atoms with Crippen LogP contribution < -0.4 is 9.47 Å². The van der Waals surface area contributed by atoms with Gasteiger partial charge in [0.15, 0.2) is 11.5 Å². The van der Waals surface area contributed by atoms with Crippen LogP contribution in [-0.2, 0) is 0 Å². The molecule has 16 heavy (non-hydrogen) atoms. The molecule has 0 bridgehead atoms. The molecule has 0 aromatic heterocycles. The number of carbonyl (C=O) groups excluding carboxylic acids is 1. The molecular weight excluding hydrogens is 204 g/mol. The van der Waals surface area contributed by atoms with E-state index in [0.717, 1.165) is 19.1 Å². The van der Waals surface area contributed by atoms with Crippen LogP contribution in [0.1, 0.15) is 23.2 Å². The molecule has 0 aliphatic heterocycles. The van der Waals surface area contributed by atoms with Crippen molar-refractivity contribution in [3.8, 4) is 11.5 Å². The van der Waals surface area contributed by atoms with Crippen molar-refractivity contribution in [1.29, 1.82) is 0 Å². The van der Waals surface area contributed by atoms with Crippen LogP contribution >= 0.6 is 0 Å². The third-order valence-corrected chi connectivity index (χ3v) is 2.13. The van der Waals surface area contributed by atoms with Crippen molar-refractivity contribution in [2.75, 3.05) is 13.7 Å². The highest BCUT2D eigenvalue weighted by Gasteiger charge is 2.04. The first-order valence-electron chi connectivity index (χ1n) is 5.18. The summed E-state index contributed by atoms with van der Waals surface area (Å²) in [7, 11) is 1.56. The Morgan fingerprint density at radius 3 is 2.81 bits per heavy atom. The average Bonchev–Trinajstić information content (AvgIpc) is 2.34. The normalized spacial score (nSPS) is 9.56. The Balaban J connectivity index is 2.64. The predicted molar refractivity (Wildman–Crippen MR) is 63.3 cm³/mol. The van der Waals surface area contributed by atoms with Crippen LogP contribution in [0, 0.1) is 0 Å². The Morgan fingerprint density at radius 2 is 2.19 bits per heavy atom. The van der Waals surface area contributed by atoms with Crippen molar-refractivity contribution in [3.63, 3.8) is 0 Å². The highest BCUT2D eigenvalue weighted by molar-refractivity contribution is 5.76. The first-order chi connectivity index (χ1) is 7.81. The van der Waals surface area contributed by atoms with Crippen molar-refractivity contribution in [2.24, 2.45) is 0 Å². The lowest BCUT2D eigenvalue weighted by atomic mass is 10.2. The lowest BCUT2D eigenvalue weighted by molar-refractivity contribution is 0.112. The largest absolute Gasteiger partial charge is 0.493 e. The van der Waals surface area contributed by atoms with Gasteiger partial charge in [0.05, 0.1) is 13.7 Å². The molecule has 0 atom stereocenters. The summed E-state index contributed by atoms with van der Waals surface area (Å²) >= 11 is 0. The zero-order valence-electron chi connectivity index (χ0n) is 9.44. The number of benzene rings is 1. The second kappa shape index (κ2) is 6.67. The van der Waals surface area contributed by atoms with E-state index in [2.05, 4.69) is 6.58 Å². The number of allylic oxidation sites excluding steroid dienone is 1. The fourth-order valence-corrected chi connectivity index (χ4v) is 1.29. The van der Waals surface area contributed by atoms with Crippen molar-refractivity contribution in [3.05, 3.63) is 36.4 Å². The van der Waals surface area contributed by atoms with Gasteiger partial charge in [0.2, 0.25) is 0 Å². The van der Waals surface area contributed by atoms with Gasteiger partial charge in [-0.15, -0.1) is 6.58 Å². The summed E-state index contributed by atoms with van der Waals surface area (Å²) in [6, 6.07) is 5.12. The summed E-state index contributed by atoms with van der Waals surface area (Å²) < 4.78 is 10.7. The van der Waals surface area contributed by atoms with Crippen molar-refractivity contribution < 1.29 is 14.3 Å². The molecule has 0 heterocycles. The molecule has 0 radical (unpaired) electrons. The topological polar surface area (TPSA) is 35.5 Å². The molecule has 0 saturated heterocycles. The zero-order valence-corrected chi connectivity index (χ0v) is 9.44. The average molecular weight is 220 g/mol. The minimum atomic E-state index is 0.579. The molecule has 0 saturated carbocycles. The van der Waals surface area contributed by atoms with Gasteiger partial charge in [-0.05, 0) is 31.0 Å². The van der Waals surface area contributed by atoms with Gasteiger partial charge in [0.25, 0.3) is 0 Å². The first-order valence-corrected chi connectivity index (χ1v) is 5.18. The quantitative estimate of drug-likeness (QED) is 0.402. The molecule has 86 valence electrons. The van der Waals surface area contributed by atoms with Crippen LogP contribution in [0.5, 0.6) is 11.5 Å². The molecule has 0 aliphatic rings. The molecule has 0 amide bonds. The van der Waals surface area contributed by atoms with E-state index in [1.54, 1.807) is 25.3 Å². The monoisotopic (exact) mass is 220 g/mol. The number of methoxy groups -OCH3 is 1. The molecule has 1 aromatic rings. The van der Waals surface area contributed by atoms with Crippen LogP contribution in [0.15, 0.2) is 30.9 Å². The lowest BCUT2D eigenvalue weighted by Gasteiger charge is -2.10. The van der Waals surface area contributed by atoms with Gasteiger partial charge >= 0.3 is 0 Å². The number of ether oxygens (including phenoxy) is 2. The summed E-state index contributed by atoms with van der Waals surface area (Å²) in [6.45, 7) is 4.26. The van der Waals surface area contributed by atoms with Crippen LogP contribution in [0.25, 0.3) is 0 Å². The Hall–Kier alpha value is -1.77. The first kappa shape index (κ1) is 12.3. The Kier molecular flexibility index (Phi) is 5.12. The molecule has 0 fully saturated rings. The van der Waals surface area contributed by atoms with Crippen molar-refractivity contribution >= 4 is 6.29 Å². The number of hydrogen-bond acceptors (Lipinski definition) is 3. The Morgan fingerprint density at radius 1 is 1.38 bits per heavy atom. The van der Waals surface area contributed by atoms with Gasteiger partial charge in [-0.2, -0.15) is 0 Å². The number of rotatable bonds is 7. The van der Waals surface area contributed by atoms with Gasteiger partial charge < -0.3 is 9.47 Å². The molecule has 3 heteroatoms. The van der Waals surface area contributed by atoms with E-state index in [-0.39, 0.29) is 0 Å². The highest BCUT2D eigenvalue weighted by Crippen LogP contribution is 2.27. The van der Waals surface area contributed by atoms with Crippen molar-refractivity contribution in [1.82, 2.24) is 0 Å². The smallest absolute Gasteiger partial charge is 0.161 e. The molecule has 0 aliphatic carbocycles. The van der Waals surface area contributed by atoms with E-state index in [1.165, 1.54) is 0 Å². The molecule has 0 unspecified atom stereocenters. The summed E-state index contributed by atoms with van der Waals surface area (Å²) in [4.78, 5) is 10.6. The maximum Gasteiger partial charge on any atom is 0.161 e. The maximum atomic E-state index is 10.6. The molecule has 1 aromatic carbocycles. The zero-order chi connectivity index (χ0) is 11.8. The van der Waals surface area contributed by atoms with E-state index in [4.69, 9.17) is 9.47 Å². The minimum absolute atomic E-state index is 0.579. The van der Waals surface area contributed by atoms with E-state index in [0.29, 0.717) is 23.7 Å². The van der Waals surface area contributed by atoms with E-state index in [1.807, 2.05) is 6.08 Å². The van der Waals surface area contributed by atoms with E-state index >= 15 is 0 Å². The summed E-state index contributed by atoms with van der Waals surface area (Å²) in [5, 5.41) is 0. The minimum Gasteiger partial charge on any atom is -0.493 e. The Labute approximate surface area is 95.7 Å². The molecule has 0 spiro atoms. The number of unbranched alkanes of at least 4 members (excludes halogenated alkanes) is 1. The van der Waals surface area contributed by atoms with E-state index < -0.39 is 0 Å². The van der Waals surface area contributed by atoms with Gasteiger partial charge in [-0.3, -0.25) is 4.79 Å². The van der Waals surface area contributed by atoms with Gasteiger partial charge in [-0.1, -0.05) is 6.08 Å². The van der Waals surface area contributed by atoms with E-state index in [9.17, 15) is 4.79 Å².